The third-order valence-corrected chi connectivity index (χ3v) is 6.54. The lowest BCUT2D eigenvalue weighted by Crippen LogP contribution is -2.14. The highest BCUT2D eigenvalue weighted by atomic mass is 32.1. The smallest absolute Gasteiger partial charge is 0.0437 e. The third kappa shape index (κ3) is 1.61. The molecule has 0 N–H and O–H groups in total. The van der Waals surface area contributed by atoms with E-state index >= 15 is 0 Å². The standard InChI is InChI=1S/C22H18S/c1-13-8-10-17-16(12-13)20-18(22(17,2)3)11-9-15-14-6-4-5-7-19(14)23-21(15)20/h4-12H,1-3H3. The first-order valence-electron chi connectivity index (χ1n) is 8.13. The van der Waals surface area contributed by atoms with Gasteiger partial charge in [-0.1, -0.05) is 67.9 Å². The van der Waals surface area contributed by atoms with Crippen LogP contribution in [0.1, 0.15) is 30.5 Å². The topological polar surface area (TPSA) is 0 Å². The van der Waals surface area contributed by atoms with E-state index < -0.39 is 0 Å². The van der Waals surface area contributed by atoms with Crippen LogP contribution < -0.4 is 0 Å². The predicted molar refractivity (Wildman–Crippen MR) is 102 cm³/mol. The zero-order valence-corrected chi connectivity index (χ0v) is 14.4. The summed E-state index contributed by atoms with van der Waals surface area (Å²) in [7, 11) is 0. The van der Waals surface area contributed by atoms with Crippen LogP contribution in [-0.4, -0.2) is 0 Å². The van der Waals surface area contributed by atoms with Gasteiger partial charge in [0.2, 0.25) is 0 Å². The van der Waals surface area contributed by atoms with Crippen LogP contribution in [0.2, 0.25) is 0 Å². The summed E-state index contributed by atoms with van der Waals surface area (Å²) >= 11 is 1.94. The van der Waals surface area contributed by atoms with Crippen LogP contribution >= 0.6 is 11.3 Å². The molecule has 1 heterocycles. The molecule has 0 bridgehead atoms. The molecule has 0 spiro atoms. The van der Waals surface area contributed by atoms with Crippen LogP contribution in [0.5, 0.6) is 0 Å². The fourth-order valence-electron chi connectivity index (χ4n) is 4.13. The summed E-state index contributed by atoms with van der Waals surface area (Å²) in [4.78, 5) is 0. The molecule has 1 aliphatic rings. The van der Waals surface area contributed by atoms with Gasteiger partial charge in [0.1, 0.15) is 0 Å². The molecular weight excluding hydrogens is 296 g/mol. The second-order valence-corrected chi connectivity index (χ2v) is 8.19. The van der Waals surface area contributed by atoms with E-state index in [1.807, 2.05) is 11.3 Å². The van der Waals surface area contributed by atoms with Crippen LogP contribution in [0.3, 0.4) is 0 Å². The van der Waals surface area contributed by atoms with Crippen molar-refractivity contribution in [1.82, 2.24) is 0 Å². The summed E-state index contributed by atoms with van der Waals surface area (Å²) in [6.45, 7) is 6.90. The minimum atomic E-state index is 0.0860. The van der Waals surface area contributed by atoms with Gasteiger partial charge in [-0.25, -0.2) is 0 Å². The van der Waals surface area contributed by atoms with Crippen molar-refractivity contribution in [2.75, 3.05) is 0 Å². The molecule has 0 nitrogen and oxygen atoms in total. The maximum Gasteiger partial charge on any atom is 0.0437 e. The Balaban J connectivity index is 2.01. The van der Waals surface area contributed by atoms with Crippen LogP contribution in [0.15, 0.2) is 54.6 Å². The first kappa shape index (κ1) is 13.3. The van der Waals surface area contributed by atoms with E-state index in [1.54, 1.807) is 0 Å². The second-order valence-electron chi connectivity index (χ2n) is 7.14. The predicted octanol–water partition coefficient (Wildman–Crippen LogP) is 6.67. The van der Waals surface area contributed by atoms with Crippen molar-refractivity contribution < 1.29 is 0 Å². The van der Waals surface area contributed by atoms with Crippen LogP contribution in [0.4, 0.5) is 0 Å². The Morgan fingerprint density at radius 3 is 2.48 bits per heavy atom. The van der Waals surface area contributed by atoms with Crippen molar-refractivity contribution in [2.45, 2.75) is 26.2 Å². The average molecular weight is 314 g/mol. The van der Waals surface area contributed by atoms with Gasteiger partial charge < -0.3 is 0 Å². The minimum Gasteiger partial charge on any atom is -0.135 e. The summed E-state index contributed by atoms with van der Waals surface area (Å²) in [5.41, 5.74) is 7.25. The maximum absolute atomic E-state index is 2.37. The minimum absolute atomic E-state index is 0.0860. The Labute approximate surface area is 140 Å². The van der Waals surface area contributed by atoms with Gasteiger partial charge in [0.05, 0.1) is 0 Å². The van der Waals surface area contributed by atoms with E-state index in [9.17, 15) is 0 Å². The van der Waals surface area contributed by atoms with E-state index in [4.69, 9.17) is 0 Å². The first-order chi connectivity index (χ1) is 11.1. The zero-order chi connectivity index (χ0) is 15.8. The summed E-state index contributed by atoms with van der Waals surface area (Å²) < 4.78 is 2.83. The molecule has 0 unspecified atom stereocenters. The maximum atomic E-state index is 2.37. The van der Waals surface area contributed by atoms with Gasteiger partial charge in [0, 0.05) is 31.2 Å². The van der Waals surface area contributed by atoms with Gasteiger partial charge >= 0.3 is 0 Å². The molecule has 5 rings (SSSR count). The van der Waals surface area contributed by atoms with Gasteiger partial charge in [0.15, 0.2) is 0 Å². The fraction of sp³-hybridized carbons (Fsp3) is 0.182. The number of benzene rings is 3. The number of hydrogen-bond acceptors (Lipinski definition) is 1. The highest BCUT2D eigenvalue weighted by Gasteiger charge is 2.36. The zero-order valence-electron chi connectivity index (χ0n) is 13.6. The fourth-order valence-corrected chi connectivity index (χ4v) is 5.40. The van der Waals surface area contributed by atoms with E-state index in [1.165, 1.54) is 48.0 Å². The SMILES string of the molecule is Cc1ccc2c(c1)-c1c(ccc3c1sc1ccccc13)C2(C)C. The Kier molecular flexibility index (Phi) is 2.46. The number of rotatable bonds is 0. The van der Waals surface area contributed by atoms with Crippen molar-refractivity contribution in [2.24, 2.45) is 0 Å². The lowest BCUT2D eigenvalue weighted by Gasteiger charge is -2.21. The van der Waals surface area contributed by atoms with Crippen molar-refractivity contribution >= 4 is 31.5 Å². The van der Waals surface area contributed by atoms with Crippen molar-refractivity contribution in [3.63, 3.8) is 0 Å². The summed E-state index contributed by atoms with van der Waals surface area (Å²) in [6, 6.07) is 20.4. The van der Waals surface area contributed by atoms with Gasteiger partial charge in [0.25, 0.3) is 0 Å². The van der Waals surface area contributed by atoms with Gasteiger partial charge in [-0.15, -0.1) is 11.3 Å². The molecule has 112 valence electrons. The van der Waals surface area contributed by atoms with E-state index in [0.29, 0.717) is 0 Å². The second kappa shape index (κ2) is 4.24. The van der Waals surface area contributed by atoms with Crippen LogP contribution in [0.25, 0.3) is 31.3 Å². The molecule has 0 radical (unpaired) electrons. The molecule has 0 saturated carbocycles. The molecule has 3 aromatic carbocycles. The Hall–Kier alpha value is -2.12. The molecule has 0 amide bonds. The molecule has 4 aromatic rings. The van der Waals surface area contributed by atoms with Crippen LogP contribution in [-0.2, 0) is 5.41 Å². The van der Waals surface area contributed by atoms with E-state index in [-0.39, 0.29) is 5.41 Å². The molecule has 0 aliphatic heterocycles. The highest BCUT2D eigenvalue weighted by Crippen LogP contribution is 2.53. The summed E-state index contributed by atoms with van der Waals surface area (Å²) in [5, 5.41) is 2.78. The van der Waals surface area contributed by atoms with E-state index in [0.717, 1.165) is 0 Å². The third-order valence-electron chi connectivity index (χ3n) is 5.34. The molecule has 1 aromatic heterocycles. The molecule has 1 aliphatic carbocycles. The molecule has 0 fully saturated rings. The Bertz CT molecular complexity index is 1100. The lowest BCUT2D eigenvalue weighted by molar-refractivity contribution is 0.661. The number of thiophene rings is 1. The molecule has 0 saturated heterocycles. The molecule has 0 atom stereocenters. The first-order valence-corrected chi connectivity index (χ1v) is 8.95. The highest BCUT2D eigenvalue weighted by molar-refractivity contribution is 7.26. The average Bonchev–Trinajstić information content (AvgIpc) is 3.01. The van der Waals surface area contributed by atoms with Crippen molar-refractivity contribution in [3.8, 4) is 11.1 Å². The number of fused-ring (bicyclic) bond motifs is 7. The normalized spacial score (nSPS) is 15.1. The van der Waals surface area contributed by atoms with E-state index in [2.05, 4.69) is 75.4 Å². The van der Waals surface area contributed by atoms with Crippen molar-refractivity contribution in [3.05, 3.63) is 71.3 Å². The largest absolute Gasteiger partial charge is 0.135 e. The molecule has 23 heavy (non-hydrogen) atoms. The summed E-state index contributed by atoms with van der Waals surface area (Å²) in [6.07, 6.45) is 0. The van der Waals surface area contributed by atoms with Crippen LogP contribution in [0, 0.1) is 6.92 Å². The lowest BCUT2D eigenvalue weighted by atomic mass is 9.82. The Morgan fingerprint density at radius 1 is 0.826 bits per heavy atom. The van der Waals surface area contributed by atoms with Gasteiger partial charge in [-0.2, -0.15) is 0 Å². The molecular formula is C22H18S. The van der Waals surface area contributed by atoms with Gasteiger partial charge in [-0.3, -0.25) is 0 Å². The monoisotopic (exact) mass is 314 g/mol. The van der Waals surface area contributed by atoms with Crippen molar-refractivity contribution in [1.29, 1.82) is 0 Å². The summed E-state index contributed by atoms with van der Waals surface area (Å²) in [5.74, 6) is 0. The Morgan fingerprint density at radius 2 is 1.61 bits per heavy atom. The van der Waals surface area contributed by atoms with Gasteiger partial charge in [-0.05, 0) is 29.7 Å². The number of hydrogen-bond donors (Lipinski definition) is 0. The quantitative estimate of drug-likeness (QED) is 0.340. The number of aryl methyl sites for hydroxylation is 1. The molecule has 1 heteroatoms.